The van der Waals surface area contributed by atoms with E-state index in [-0.39, 0.29) is 21.7 Å². The van der Waals surface area contributed by atoms with Gasteiger partial charge in [0.1, 0.15) is 0 Å². The number of anilines is 6. The minimum atomic E-state index is -0.242. The summed E-state index contributed by atoms with van der Waals surface area (Å²) < 4.78 is 13.4. The van der Waals surface area contributed by atoms with Gasteiger partial charge in [0.25, 0.3) is 0 Å². The fourth-order valence-electron chi connectivity index (χ4n) is 12.5. The van der Waals surface area contributed by atoms with Crippen LogP contribution in [0.4, 0.5) is 34.3 Å². The van der Waals surface area contributed by atoms with Crippen LogP contribution in [0.1, 0.15) is 105 Å². The molecule has 0 aliphatic carbocycles. The van der Waals surface area contributed by atoms with Gasteiger partial charge in [-0.05, 0) is 69.3 Å². The predicted molar refractivity (Wildman–Crippen MR) is 370 cm³/mol. The Labute approximate surface area is 536 Å². The van der Waals surface area contributed by atoms with Gasteiger partial charge in [-0.3, -0.25) is 0 Å². The number of imidazole rings is 1. The molecule has 0 bridgehead atoms. The second-order valence-corrected chi connectivity index (χ2v) is 28.7. The van der Waals surface area contributed by atoms with Crippen molar-refractivity contribution in [1.82, 2.24) is 14.1 Å². The van der Waals surface area contributed by atoms with Gasteiger partial charge in [-0.2, -0.15) is 0 Å². The van der Waals surface area contributed by atoms with E-state index >= 15 is 0 Å². The number of hydrogen-bond acceptors (Lipinski definition) is 4. The molecule has 0 atom stereocenters. The summed E-state index contributed by atoms with van der Waals surface area (Å²) in [5.41, 5.74) is 22.5. The molecule has 3 heterocycles. The Morgan fingerprint density at radius 3 is 1.38 bits per heavy atom. The molecule has 89 heavy (non-hydrogen) atoms. The molecule has 1 aliphatic rings. The molecular formula is C82H77N5OPt. The number of nitrogens with zero attached hydrogens (tertiary/aromatic N) is 5. The van der Waals surface area contributed by atoms with Crippen LogP contribution >= 0.6 is 0 Å². The standard InChI is InChI=1S/C82H77N5O.Pt/c1-79(2,3)57-39-43-72-69(49-57)67-33-22-23-36-71(67)87(77-51-59(45-46-83-77)81(7,8)9)76-53-63(41-42-68(76)70-50-58(80(4,5)6)40-44-73(70)86(72)61-31-20-15-21-32-61)88-64-48-60(82(10,11)12)47-62(52-64)84-54-85(75-38-25-24-37-74(75)84)78-65(55-27-16-13-17-28-55)34-26-35-66(78)56-29-18-14-19-30-56;/h13-53H,1-12H3;. The molecule has 0 radical (unpaired) electrons. The molecule has 446 valence electrons. The SMILES string of the molecule is CC(C)(C)c1cc(Oc2ccc3c(c2)N(c2cc(C(C)(C)C)ccn2)c2ccccc2-c2cc(C(C)(C)C)ccc2N(c2ccccc2)c2ccc(C(C)(C)C)cc2-3)cc(-n2[c](=[Pt])n(-c3c(-c4ccccc4)cccc3-c3ccccc3)c3ccccc32)c1. The van der Waals surface area contributed by atoms with Crippen LogP contribution < -0.4 is 14.5 Å². The average Bonchev–Trinajstić information content (AvgIpc) is 1.79. The Balaban J connectivity index is 1.07. The third-order valence-corrected chi connectivity index (χ3v) is 18.4. The van der Waals surface area contributed by atoms with Crippen molar-refractivity contribution in [1.29, 1.82) is 0 Å². The summed E-state index contributed by atoms with van der Waals surface area (Å²) in [7, 11) is 0. The van der Waals surface area contributed by atoms with Gasteiger partial charge in [-0.25, -0.2) is 0 Å². The zero-order valence-corrected chi connectivity index (χ0v) is 55.4. The van der Waals surface area contributed by atoms with Crippen LogP contribution in [0.3, 0.4) is 0 Å². The molecule has 0 unspecified atom stereocenters. The molecule has 1 aliphatic heterocycles. The third-order valence-electron chi connectivity index (χ3n) is 17.4. The van der Waals surface area contributed by atoms with Gasteiger partial charge < -0.3 is 4.90 Å². The summed E-state index contributed by atoms with van der Waals surface area (Å²) in [6.45, 7) is 27.5. The number of aromatic nitrogens is 3. The van der Waals surface area contributed by atoms with Crippen molar-refractivity contribution in [3.05, 3.63) is 275 Å². The number of rotatable bonds is 8. The summed E-state index contributed by atoms with van der Waals surface area (Å²) in [5.74, 6) is 2.24. The van der Waals surface area contributed by atoms with Gasteiger partial charge in [0, 0.05) is 17.4 Å². The van der Waals surface area contributed by atoms with Crippen molar-refractivity contribution < 1.29 is 24.1 Å². The van der Waals surface area contributed by atoms with Gasteiger partial charge in [0.05, 0.1) is 5.69 Å². The van der Waals surface area contributed by atoms with Crippen LogP contribution in [0.15, 0.2) is 249 Å². The van der Waals surface area contributed by atoms with Crippen molar-refractivity contribution in [2.75, 3.05) is 9.80 Å². The Kier molecular flexibility index (Phi) is 15.1. The fourth-order valence-corrected chi connectivity index (χ4v) is 13.6. The second kappa shape index (κ2) is 22.8. The molecule has 13 rings (SSSR count). The molecule has 0 saturated carbocycles. The van der Waals surface area contributed by atoms with Crippen LogP contribution in [0.5, 0.6) is 11.5 Å². The quantitative estimate of drug-likeness (QED) is 0.152. The maximum absolute atomic E-state index is 7.50. The summed E-state index contributed by atoms with van der Waals surface area (Å²) in [6, 6.07) is 88.9. The van der Waals surface area contributed by atoms with E-state index in [0.29, 0.717) is 5.75 Å². The monoisotopic (exact) mass is 1340 g/mol. The Morgan fingerprint density at radius 2 is 0.809 bits per heavy atom. The van der Waals surface area contributed by atoms with Crippen molar-refractivity contribution in [2.45, 2.75) is 105 Å². The molecule has 6 nitrogen and oxygen atoms in total. The van der Waals surface area contributed by atoms with Crippen LogP contribution in [0.25, 0.3) is 66.9 Å². The third kappa shape index (κ3) is 11.2. The van der Waals surface area contributed by atoms with Gasteiger partial charge >= 0.3 is 332 Å². The molecule has 0 spiro atoms. The first-order chi connectivity index (χ1) is 42.6. The zero-order valence-electron chi connectivity index (χ0n) is 53.1. The van der Waals surface area contributed by atoms with Crippen LogP contribution in [0, 0.1) is 3.80 Å². The van der Waals surface area contributed by atoms with E-state index in [9.17, 15) is 0 Å². The predicted octanol–water partition coefficient (Wildman–Crippen LogP) is 22.8. The fraction of sp³-hybridized carbons (Fsp3) is 0.195. The van der Waals surface area contributed by atoms with Crippen molar-refractivity contribution >= 4 is 45.3 Å². The number of hydrogen-bond donors (Lipinski definition) is 0. The molecule has 7 heteroatoms. The molecular weight excluding hydrogens is 1270 g/mol. The summed E-state index contributed by atoms with van der Waals surface area (Å²) in [5, 5.41) is 0. The molecule has 12 aromatic rings. The van der Waals surface area contributed by atoms with E-state index in [4.69, 9.17) is 9.72 Å². The van der Waals surface area contributed by atoms with Crippen LogP contribution in [-0.4, -0.2) is 14.1 Å². The van der Waals surface area contributed by atoms with Crippen LogP contribution in [-0.2, 0) is 41.0 Å². The molecule has 10 aromatic carbocycles. The van der Waals surface area contributed by atoms with E-state index in [2.05, 4.69) is 364 Å². The average molecular weight is 1340 g/mol. The van der Waals surface area contributed by atoms with E-state index in [0.717, 1.165) is 116 Å². The molecule has 0 saturated heterocycles. The summed E-state index contributed by atoms with van der Waals surface area (Å²) in [6.07, 6.45) is 1.98. The number of benzene rings is 10. The van der Waals surface area contributed by atoms with Crippen molar-refractivity contribution in [2.24, 2.45) is 0 Å². The van der Waals surface area contributed by atoms with Gasteiger partial charge in [-0.15, -0.1) is 0 Å². The topological polar surface area (TPSA) is 38.5 Å². The molecule has 0 amide bonds. The number of para-hydroxylation sites is 5. The van der Waals surface area contributed by atoms with Crippen molar-refractivity contribution in [3.8, 4) is 67.4 Å². The van der Waals surface area contributed by atoms with Gasteiger partial charge in [0.15, 0.2) is 0 Å². The number of fused-ring (bicyclic) bond motifs is 7. The van der Waals surface area contributed by atoms with Gasteiger partial charge in [-0.1, -0.05) is 111 Å². The summed E-state index contributed by atoms with van der Waals surface area (Å²) in [4.78, 5) is 10.2. The normalized spacial score (nSPS) is 12.7. The Bertz CT molecular complexity index is 4650. The van der Waals surface area contributed by atoms with Crippen molar-refractivity contribution in [3.63, 3.8) is 0 Å². The van der Waals surface area contributed by atoms with Crippen LogP contribution in [0.2, 0.25) is 0 Å². The second-order valence-electron chi connectivity index (χ2n) is 27.7. The first kappa shape index (κ1) is 58.9. The zero-order chi connectivity index (χ0) is 62.1. The first-order valence-corrected chi connectivity index (χ1v) is 32.1. The van der Waals surface area contributed by atoms with E-state index in [1.165, 1.54) is 16.7 Å². The molecule has 0 fully saturated rings. The summed E-state index contributed by atoms with van der Waals surface area (Å²) >= 11 is 2.56. The molecule has 0 N–H and O–H groups in total. The number of pyridine rings is 1. The molecule has 2 aromatic heterocycles. The van der Waals surface area contributed by atoms with E-state index < -0.39 is 0 Å². The number of ether oxygens (including phenoxy) is 1. The van der Waals surface area contributed by atoms with E-state index in [1.807, 2.05) is 6.20 Å². The maximum atomic E-state index is 7.50. The minimum absolute atomic E-state index is 0.130. The Morgan fingerprint density at radius 1 is 0.326 bits per heavy atom. The van der Waals surface area contributed by atoms with Gasteiger partial charge in [0.2, 0.25) is 0 Å². The Hall–Kier alpha value is -9.09. The first-order valence-electron chi connectivity index (χ1n) is 31.0. The van der Waals surface area contributed by atoms with E-state index in [1.54, 1.807) is 0 Å².